The van der Waals surface area contributed by atoms with Crippen molar-refractivity contribution in [3.8, 4) is 0 Å². The predicted molar refractivity (Wildman–Crippen MR) is 86.2 cm³/mol. The van der Waals surface area contributed by atoms with Crippen LogP contribution in [-0.4, -0.2) is 44.6 Å². The molecule has 4 unspecified atom stereocenters. The Bertz CT molecular complexity index is 432. The first-order valence-corrected chi connectivity index (χ1v) is 10.6. The molecule has 2 saturated heterocycles. The lowest BCUT2D eigenvalue weighted by molar-refractivity contribution is 0.182. The first kappa shape index (κ1) is 15.8. The molecule has 122 valence electrons. The molecule has 4 nitrogen and oxygen atoms in total. The van der Waals surface area contributed by atoms with Gasteiger partial charge in [0.2, 0.25) is 0 Å². The van der Waals surface area contributed by atoms with Crippen LogP contribution in [0, 0.1) is 5.92 Å². The van der Waals surface area contributed by atoms with Crippen LogP contribution in [0.15, 0.2) is 0 Å². The van der Waals surface area contributed by atoms with Crippen molar-refractivity contribution < 1.29 is 8.42 Å². The van der Waals surface area contributed by atoms with Gasteiger partial charge < -0.3 is 10.6 Å². The maximum absolute atomic E-state index is 12.0. The van der Waals surface area contributed by atoms with Crippen LogP contribution in [0.1, 0.15) is 57.8 Å². The number of sulfone groups is 1. The van der Waals surface area contributed by atoms with E-state index in [0.717, 1.165) is 19.4 Å². The Morgan fingerprint density at radius 3 is 2.48 bits per heavy atom. The Morgan fingerprint density at radius 1 is 0.952 bits per heavy atom. The molecule has 3 rings (SSSR count). The van der Waals surface area contributed by atoms with Crippen molar-refractivity contribution in [3.05, 3.63) is 0 Å². The quantitative estimate of drug-likeness (QED) is 0.831. The lowest BCUT2D eigenvalue weighted by Gasteiger charge is -2.40. The van der Waals surface area contributed by atoms with Crippen molar-refractivity contribution in [1.82, 2.24) is 10.6 Å². The minimum absolute atomic E-state index is 0.126. The van der Waals surface area contributed by atoms with Crippen molar-refractivity contribution in [3.63, 3.8) is 0 Å². The van der Waals surface area contributed by atoms with E-state index in [1.54, 1.807) is 0 Å². The average Bonchev–Trinajstić information content (AvgIpc) is 2.85. The fourth-order valence-electron chi connectivity index (χ4n) is 4.51. The fourth-order valence-corrected chi connectivity index (χ4v) is 6.29. The highest BCUT2D eigenvalue weighted by molar-refractivity contribution is 7.92. The Morgan fingerprint density at radius 2 is 1.76 bits per heavy atom. The molecular formula is C16H30N2O2S. The molecule has 0 aromatic heterocycles. The van der Waals surface area contributed by atoms with Crippen LogP contribution >= 0.6 is 0 Å². The van der Waals surface area contributed by atoms with Crippen LogP contribution < -0.4 is 10.6 Å². The molecule has 3 aliphatic rings. The summed E-state index contributed by atoms with van der Waals surface area (Å²) in [6.07, 6.45) is 10.8. The normalized spacial score (nSPS) is 40.2. The molecule has 0 amide bonds. The van der Waals surface area contributed by atoms with Gasteiger partial charge in [0.15, 0.2) is 9.84 Å². The molecule has 5 heteroatoms. The summed E-state index contributed by atoms with van der Waals surface area (Å²) < 4.78 is 23.9. The van der Waals surface area contributed by atoms with Gasteiger partial charge in [-0.25, -0.2) is 8.42 Å². The molecule has 0 spiro atoms. The monoisotopic (exact) mass is 314 g/mol. The van der Waals surface area contributed by atoms with Gasteiger partial charge in [-0.1, -0.05) is 19.3 Å². The highest BCUT2D eigenvalue weighted by Gasteiger charge is 2.35. The Balaban J connectivity index is 1.56. The van der Waals surface area contributed by atoms with Crippen molar-refractivity contribution >= 4 is 9.84 Å². The minimum atomic E-state index is -2.81. The van der Waals surface area contributed by atoms with Crippen LogP contribution in [0.25, 0.3) is 0 Å². The Hall–Kier alpha value is -0.130. The zero-order valence-electron chi connectivity index (χ0n) is 13.0. The van der Waals surface area contributed by atoms with Crippen LogP contribution in [-0.2, 0) is 9.84 Å². The SMILES string of the molecule is O=S1(=O)CCCC1CNC1CCCCC1C1CCCCN1. The van der Waals surface area contributed by atoms with Crippen LogP contribution in [0.4, 0.5) is 0 Å². The molecular weight excluding hydrogens is 284 g/mol. The third kappa shape index (κ3) is 3.80. The third-order valence-corrected chi connectivity index (χ3v) is 8.03. The maximum atomic E-state index is 12.0. The van der Waals surface area contributed by atoms with Crippen molar-refractivity contribution in [2.24, 2.45) is 5.92 Å². The van der Waals surface area contributed by atoms with Gasteiger partial charge in [0.25, 0.3) is 0 Å². The number of rotatable bonds is 4. The van der Waals surface area contributed by atoms with Crippen LogP contribution in [0.3, 0.4) is 0 Å². The second-order valence-corrected chi connectivity index (χ2v) is 9.55. The second-order valence-electron chi connectivity index (χ2n) is 7.15. The van der Waals surface area contributed by atoms with E-state index in [1.165, 1.54) is 44.9 Å². The molecule has 4 atom stereocenters. The molecule has 2 N–H and O–H groups in total. The lowest BCUT2D eigenvalue weighted by atomic mass is 9.77. The van der Waals surface area contributed by atoms with Gasteiger partial charge in [-0.3, -0.25) is 0 Å². The van der Waals surface area contributed by atoms with Gasteiger partial charge in [-0.15, -0.1) is 0 Å². The Kier molecular flexibility index (Phi) is 5.23. The number of piperidine rings is 1. The molecule has 3 fully saturated rings. The molecule has 1 saturated carbocycles. The van der Waals surface area contributed by atoms with Crippen molar-refractivity contribution in [1.29, 1.82) is 0 Å². The largest absolute Gasteiger partial charge is 0.314 e. The fraction of sp³-hybridized carbons (Fsp3) is 1.00. The molecule has 21 heavy (non-hydrogen) atoms. The van der Waals surface area contributed by atoms with Gasteiger partial charge in [0, 0.05) is 18.6 Å². The van der Waals surface area contributed by atoms with Gasteiger partial charge in [-0.05, 0) is 51.0 Å². The first-order chi connectivity index (χ1) is 10.2. The van der Waals surface area contributed by atoms with Crippen molar-refractivity contribution in [2.45, 2.75) is 75.1 Å². The highest BCUT2D eigenvalue weighted by Crippen LogP contribution is 2.31. The first-order valence-electron chi connectivity index (χ1n) is 8.85. The van der Waals surface area contributed by atoms with E-state index in [1.807, 2.05) is 0 Å². The zero-order chi connectivity index (χ0) is 14.7. The standard InChI is InChI=1S/C16H30N2O2S/c19-21(20)11-5-6-13(21)12-18-16-8-2-1-7-14(16)15-9-3-4-10-17-15/h13-18H,1-12H2. The molecule has 2 aliphatic heterocycles. The van der Waals surface area contributed by atoms with Gasteiger partial charge >= 0.3 is 0 Å². The third-order valence-electron chi connectivity index (χ3n) is 5.76. The minimum Gasteiger partial charge on any atom is -0.314 e. The summed E-state index contributed by atoms with van der Waals surface area (Å²) in [6.45, 7) is 1.83. The van der Waals surface area contributed by atoms with Gasteiger partial charge in [-0.2, -0.15) is 0 Å². The molecule has 0 aromatic carbocycles. The van der Waals surface area contributed by atoms with Gasteiger partial charge in [0.1, 0.15) is 0 Å². The topological polar surface area (TPSA) is 58.2 Å². The summed E-state index contributed by atoms with van der Waals surface area (Å²) >= 11 is 0. The maximum Gasteiger partial charge on any atom is 0.154 e. The molecule has 0 bridgehead atoms. The van der Waals surface area contributed by atoms with Gasteiger partial charge in [0.05, 0.1) is 11.0 Å². The van der Waals surface area contributed by atoms with E-state index in [4.69, 9.17) is 0 Å². The summed E-state index contributed by atoms with van der Waals surface area (Å²) in [6, 6.07) is 1.17. The lowest BCUT2D eigenvalue weighted by Crippen LogP contribution is -2.51. The number of hydrogen-bond acceptors (Lipinski definition) is 4. The molecule has 0 aromatic rings. The summed E-state index contributed by atoms with van der Waals surface area (Å²) in [5.41, 5.74) is 0. The highest BCUT2D eigenvalue weighted by atomic mass is 32.2. The Labute approximate surface area is 129 Å². The summed E-state index contributed by atoms with van der Waals surface area (Å²) in [5.74, 6) is 1.10. The van der Waals surface area contributed by atoms with E-state index in [2.05, 4.69) is 10.6 Å². The molecule has 2 heterocycles. The van der Waals surface area contributed by atoms with Crippen LogP contribution in [0.2, 0.25) is 0 Å². The van der Waals surface area contributed by atoms with Crippen molar-refractivity contribution in [2.75, 3.05) is 18.8 Å². The number of nitrogens with one attached hydrogen (secondary N) is 2. The molecule has 1 aliphatic carbocycles. The average molecular weight is 314 g/mol. The number of hydrogen-bond donors (Lipinski definition) is 2. The van der Waals surface area contributed by atoms with Crippen LogP contribution in [0.5, 0.6) is 0 Å². The summed E-state index contributed by atoms with van der Waals surface area (Å²) in [7, 11) is -2.81. The van der Waals surface area contributed by atoms with E-state index >= 15 is 0 Å². The summed E-state index contributed by atoms with van der Waals surface area (Å²) in [4.78, 5) is 0. The predicted octanol–water partition coefficient (Wildman–Crippen LogP) is 1.85. The second kappa shape index (κ2) is 6.97. The van der Waals surface area contributed by atoms with E-state index in [0.29, 0.717) is 30.3 Å². The van der Waals surface area contributed by atoms with E-state index < -0.39 is 9.84 Å². The summed E-state index contributed by atoms with van der Waals surface area (Å²) in [5, 5.41) is 7.23. The molecule has 0 radical (unpaired) electrons. The zero-order valence-corrected chi connectivity index (χ0v) is 13.8. The smallest absolute Gasteiger partial charge is 0.154 e. The van der Waals surface area contributed by atoms with E-state index in [-0.39, 0.29) is 5.25 Å². The van der Waals surface area contributed by atoms with E-state index in [9.17, 15) is 8.42 Å².